The fraction of sp³-hybridized carbons (Fsp3) is 0.727. The molecule has 1 saturated heterocycles. The minimum Gasteiger partial charge on any atom is -0.350 e. The summed E-state index contributed by atoms with van der Waals surface area (Å²) >= 11 is 0. The highest BCUT2D eigenvalue weighted by Crippen LogP contribution is 2.34. The molecule has 0 N–H and O–H groups in total. The summed E-state index contributed by atoms with van der Waals surface area (Å²) in [6.45, 7) is 4.69. The predicted octanol–water partition coefficient (Wildman–Crippen LogP) is 1.37. The van der Waals surface area contributed by atoms with E-state index in [-0.39, 0.29) is 5.41 Å². The molecule has 1 rings (SSSR count). The lowest BCUT2D eigenvalue weighted by Crippen LogP contribution is -2.46. The minimum absolute atomic E-state index is 0.313. The fourth-order valence-corrected chi connectivity index (χ4v) is 1.42. The lowest BCUT2D eigenvalue weighted by Gasteiger charge is -2.41. The van der Waals surface area contributed by atoms with Gasteiger partial charge in [-0.1, -0.05) is 0 Å². The predicted molar refractivity (Wildman–Crippen MR) is 52.5 cm³/mol. The van der Waals surface area contributed by atoms with Crippen LogP contribution >= 0.6 is 0 Å². The van der Waals surface area contributed by atoms with Crippen molar-refractivity contribution in [2.24, 2.45) is 5.41 Å². The molecule has 0 unspecified atom stereocenters. The number of terminal acetylenes is 1. The molecule has 3 heteroatoms. The average Bonchev–Trinajstić information content (AvgIpc) is 2.12. The van der Waals surface area contributed by atoms with Crippen LogP contribution in [0.4, 0.5) is 0 Å². The van der Waals surface area contributed by atoms with Crippen molar-refractivity contribution in [3.05, 3.63) is 0 Å². The quantitative estimate of drug-likeness (QED) is 0.505. The third-order valence-corrected chi connectivity index (χ3v) is 2.45. The van der Waals surface area contributed by atoms with Gasteiger partial charge in [-0.25, -0.2) is 0 Å². The zero-order chi connectivity index (χ0) is 10.7. The zero-order valence-electron chi connectivity index (χ0n) is 8.71. The Morgan fingerprint density at radius 2 is 2.00 bits per heavy atom. The molecule has 0 aromatic carbocycles. The summed E-state index contributed by atoms with van der Waals surface area (Å²) in [6.07, 6.45) is 7.05. The molecule has 0 aromatic heterocycles. The fourth-order valence-electron chi connectivity index (χ4n) is 1.42. The van der Waals surface area contributed by atoms with Gasteiger partial charge in [0.1, 0.15) is 6.29 Å². The Labute approximate surface area is 84.8 Å². The second-order valence-electron chi connectivity index (χ2n) is 4.23. The van der Waals surface area contributed by atoms with Gasteiger partial charge in [-0.2, -0.15) is 0 Å². The number of carbonyl (C=O) groups is 1. The van der Waals surface area contributed by atoms with E-state index in [4.69, 9.17) is 15.9 Å². The summed E-state index contributed by atoms with van der Waals surface area (Å²) in [6, 6.07) is 0. The van der Waals surface area contributed by atoms with Crippen molar-refractivity contribution in [1.29, 1.82) is 0 Å². The average molecular weight is 196 g/mol. The van der Waals surface area contributed by atoms with Gasteiger partial charge in [0.05, 0.1) is 13.2 Å². The molecule has 0 aliphatic carbocycles. The Kier molecular flexibility index (Phi) is 3.30. The third-order valence-electron chi connectivity index (χ3n) is 2.45. The largest absolute Gasteiger partial charge is 0.350 e. The Balaban J connectivity index is 2.64. The van der Waals surface area contributed by atoms with Crippen LogP contribution in [0.25, 0.3) is 0 Å². The number of ether oxygens (including phenoxy) is 2. The van der Waals surface area contributed by atoms with Crippen molar-refractivity contribution >= 4 is 6.29 Å². The number of rotatable bonds is 3. The number of aldehydes is 1. The lowest BCUT2D eigenvalue weighted by molar-refractivity contribution is -0.284. The van der Waals surface area contributed by atoms with Gasteiger partial charge in [0.2, 0.25) is 0 Å². The maximum Gasteiger partial charge on any atom is 0.162 e. The summed E-state index contributed by atoms with van der Waals surface area (Å²) < 4.78 is 11.0. The van der Waals surface area contributed by atoms with Gasteiger partial charge in [0.15, 0.2) is 5.79 Å². The summed E-state index contributed by atoms with van der Waals surface area (Å²) in [5.41, 5.74) is -0.313. The summed E-state index contributed by atoms with van der Waals surface area (Å²) in [7, 11) is 0. The number of carbonyl (C=O) groups excluding carboxylic acids is 1. The molecule has 1 fully saturated rings. The molecule has 0 atom stereocenters. The van der Waals surface area contributed by atoms with Gasteiger partial charge < -0.3 is 14.3 Å². The van der Waals surface area contributed by atoms with Crippen molar-refractivity contribution < 1.29 is 14.3 Å². The molecule has 0 aromatic rings. The SMILES string of the molecule is C#CCC1(CC=O)COC(C)(C)OC1. The second-order valence-corrected chi connectivity index (χ2v) is 4.23. The topological polar surface area (TPSA) is 35.5 Å². The van der Waals surface area contributed by atoms with E-state index in [9.17, 15) is 4.79 Å². The van der Waals surface area contributed by atoms with Crippen LogP contribution in [-0.2, 0) is 14.3 Å². The number of hydrogen-bond acceptors (Lipinski definition) is 3. The van der Waals surface area contributed by atoms with E-state index in [1.54, 1.807) is 0 Å². The van der Waals surface area contributed by atoms with E-state index in [1.165, 1.54) is 0 Å². The smallest absolute Gasteiger partial charge is 0.162 e. The molecule has 0 amide bonds. The first kappa shape index (κ1) is 11.2. The van der Waals surface area contributed by atoms with Crippen LogP contribution in [0.3, 0.4) is 0 Å². The lowest BCUT2D eigenvalue weighted by atomic mass is 9.82. The molecule has 14 heavy (non-hydrogen) atoms. The number of hydrogen-bond donors (Lipinski definition) is 0. The molecule has 1 aliphatic rings. The van der Waals surface area contributed by atoms with Crippen LogP contribution in [0.1, 0.15) is 26.7 Å². The zero-order valence-corrected chi connectivity index (χ0v) is 8.71. The van der Waals surface area contributed by atoms with Crippen molar-refractivity contribution in [3.8, 4) is 12.3 Å². The van der Waals surface area contributed by atoms with E-state index in [1.807, 2.05) is 13.8 Å². The van der Waals surface area contributed by atoms with Crippen LogP contribution in [0.2, 0.25) is 0 Å². The molecule has 0 bridgehead atoms. The van der Waals surface area contributed by atoms with Crippen molar-refractivity contribution in [2.75, 3.05) is 13.2 Å². The van der Waals surface area contributed by atoms with Crippen molar-refractivity contribution in [3.63, 3.8) is 0 Å². The van der Waals surface area contributed by atoms with E-state index < -0.39 is 5.79 Å². The second kappa shape index (κ2) is 4.12. The van der Waals surface area contributed by atoms with Crippen LogP contribution in [-0.4, -0.2) is 25.3 Å². The van der Waals surface area contributed by atoms with Crippen molar-refractivity contribution in [1.82, 2.24) is 0 Å². The first-order valence-corrected chi connectivity index (χ1v) is 4.69. The molecule has 1 aliphatic heterocycles. The molecule has 78 valence electrons. The van der Waals surface area contributed by atoms with Crippen LogP contribution in [0.5, 0.6) is 0 Å². The third kappa shape index (κ3) is 2.57. The highest BCUT2D eigenvalue weighted by molar-refractivity contribution is 5.51. The molecular weight excluding hydrogens is 180 g/mol. The summed E-state index contributed by atoms with van der Waals surface area (Å²) in [4.78, 5) is 10.5. The van der Waals surface area contributed by atoms with Gasteiger partial charge in [-0.3, -0.25) is 0 Å². The van der Waals surface area contributed by atoms with Crippen LogP contribution in [0.15, 0.2) is 0 Å². The normalized spacial score (nSPS) is 23.8. The monoisotopic (exact) mass is 196 g/mol. The summed E-state index contributed by atoms with van der Waals surface area (Å²) in [5.74, 6) is 2.02. The van der Waals surface area contributed by atoms with Gasteiger partial charge in [0, 0.05) is 18.3 Å². The standard InChI is InChI=1S/C11H16O3/c1-4-5-11(6-7-12)8-13-10(2,3)14-9-11/h1,7H,5-6,8-9H2,2-3H3. The first-order chi connectivity index (χ1) is 6.54. The molecule has 0 radical (unpaired) electrons. The van der Waals surface area contributed by atoms with Gasteiger partial charge in [-0.05, 0) is 13.8 Å². The van der Waals surface area contributed by atoms with Crippen molar-refractivity contribution in [2.45, 2.75) is 32.5 Å². The first-order valence-electron chi connectivity index (χ1n) is 4.69. The Bertz CT molecular complexity index is 240. The van der Waals surface area contributed by atoms with E-state index in [0.29, 0.717) is 26.1 Å². The van der Waals surface area contributed by atoms with Crippen LogP contribution in [0, 0.1) is 17.8 Å². The maximum atomic E-state index is 10.5. The van der Waals surface area contributed by atoms with Gasteiger partial charge in [0.25, 0.3) is 0 Å². The molecular formula is C11H16O3. The van der Waals surface area contributed by atoms with E-state index >= 15 is 0 Å². The maximum absolute atomic E-state index is 10.5. The Morgan fingerprint density at radius 1 is 1.43 bits per heavy atom. The highest BCUT2D eigenvalue weighted by Gasteiger charge is 2.39. The van der Waals surface area contributed by atoms with Gasteiger partial charge in [-0.15, -0.1) is 12.3 Å². The highest BCUT2D eigenvalue weighted by atomic mass is 16.7. The van der Waals surface area contributed by atoms with Crippen LogP contribution < -0.4 is 0 Å². The Hall–Kier alpha value is -0.850. The summed E-state index contributed by atoms with van der Waals surface area (Å²) in [5, 5.41) is 0. The molecule has 0 spiro atoms. The van der Waals surface area contributed by atoms with E-state index in [2.05, 4.69) is 5.92 Å². The molecule has 0 saturated carbocycles. The minimum atomic E-state index is -0.555. The van der Waals surface area contributed by atoms with Gasteiger partial charge >= 0.3 is 0 Å². The molecule has 3 nitrogen and oxygen atoms in total. The molecule has 1 heterocycles. The Morgan fingerprint density at radius 3 is 2.43 bits per heavy atom. The van der Waals surface area contributed by atoms with E-state index in [0.717, 1.165) is 6.29 Å².